The fourth-order valence-electron chi connectivity index (χ4n) is 6.66. The van der Waals surface area contributed by atoms with Gasteiger partial charge in [-0.05, 0) is 64.9 Å². The third kappa shape index (κ3) is 7.59. The Labute approximate surface area is 264 Å². The molecule has 0 aromatic heterocycles. The number of nitrogens with two attached hydrogens (primary N) is 1. The van der Waals surface area contributed by atoms with Gasteiger partial charge in [0.2, 0.25) is 17.7 Å². The third-order valence-electron chi connectivity index (χ3n) is 9.03. The smallest absolute Gasteiger partial charge is 0.246 e. The predicted molar refractivity (Wildman–Crippen MR) is 177 cm³/mol. The summed E-state index contributed by atoms with van der Waals surface area (Å²) in [5.41, 5.74) is 9.78. The average Bonchev–Trinajstić information content (AvgIpc) is 3.06. The molecular formula is C37H41N5O3. The molecule has 6 rings (SSSR count). The van der Waals surface area contributed by atoms with Gasteiger partial charge in [0.05, 0.1) is 6.54 Å². The van der Waals surface area contributed by atoms with Crippen molar-refractivity contribution in [3.05, 3.63) is 108 Å². The minimum absolute atomic E-state index is 0.0437. The molecule has 232 valence electrons. The average molecular weight is 604 g/mol. The van der Waals surface area contributed by atoms with Crippen molar-refractivity contribution in [2.75, 3.05) is 32.7 Å². The summed E-state index contributed by atoms with van der Waals surface area (Å²) in [6.45, 7) is 3.09. The predicted octanol–water partition coefficient (Wildman–Crippen LogP) is 3.73. The van der Waals surface area contributed by atoms with Gasteiger partial charge in [-0.2, -0.15) is 0 Å². The van der Waals surface area contributed by atoms with Crippen LogP contribution in [-0.2, 0) is 27.3 Å². The highest BCUT2D eigenvalue weighted by molar-refractivity contribution is 5.97. The molecule has 4 aromatic carbocycles. The van der Waals surface area contributed by atoms with E-state index in [1.807, 2.05) is 53.4 Å². The topological polar surface area (TPSA) is 108 Å². The number of benzene rings is 4. The van der Waals surface area contributed by atoms with E-state index in [0.29, 0.717) is 18.9 Å². The molecule has 0 spiro atoms. The molecule has 2 aliphatic heterocycles. The first-order valence-electron chi connectivity index (χ1n) is 15.9. The maximum atomic E-state index is 14.2. The highest BCUT2D eigenvalue weighted by Crippen LogP contribution is 2.24. The molecule has 0 bridgehead atoms. The Bertz CT molecular complexity index is 1640. The van der Waals surface area contributed by atoms with E-state index in [0.717, 1.165) is 59.0 Å². The number of piperazine rings is 1. The van der Waals surface area contributed by atoms with E-state index >= 15 is 0 Å². The minimum Gasteiger partial charge on any atom is -0.369 e. The quantitative estimate of drug-likeness (QED) is 0.242. The molecular weight excluding hydrogens is 562 g/mol. The maximum absolute atomic E-state index is 14.2. The number of piperidine rings is 1. The Morgan fingerprint density at radius 2 is 1.47 bits per heavy atom. The maximum Gasteiger partial charge on any atom is 0.246 e. The van der Waals surface area contributed by atoms with Crippen LogP contribution >= 0.6 is 0 Å². The monoisotopic (exact) mass is 603 g/mol. The van der Waals surface area contributed by atoms with Crippen molar-refractivity contribution in [2.45, 2.75) is 37.9 Å². The van der Waals surface area contributed by atoms with Crippen molar-refractivity contribution < 1.29 is 14.4 Å². The van der Waals surface area contributed by atoms with Crippen molar-refractivity contribution >= 4 is 28.5 Å². The van der Waals surface area contributed by atoms with Gasteiger partial charge in [-0.3, -0.25) is 19.3 Å². The zero-order chi connectivity index (χ0) is 31.2. The molecule has 8 nitrogen and oxygen atoms in total. The summed E-state index contributed by atoms with van der Waals surface area (Å²) in [4.78, 5) is 43.8. The van der Waals surface area contributed by atoms with E-state index in [4.69, 9.17) is 5.73 Å². The van der Waals surface area contributed by atoms with Gasteiger partial charge in [0.15, 0.2) is 0 Å². The minimum atomic E-state index is -0.750. The molecule has 2 saturated heterocycles. The lowest BCUT2D eigenvalue weighted by Gasteiger charge is -2.41. The first-order chi connectivity index (χ1) is 21.9. The second-order valence-electron chi connectivity index (χ2n) is 12.3. The molecule has 2 heterocycles. The van der Waals surface area contributed by atoms with E-state index in [9.17, 15) is 14.4 Å². The third-order valence-corrected chi connectivity index (χ3v) is 9.03. The molecule has 2 aliphatic rings. The Balaban J connectivity index is 1.26. The highest BCUT2D eigenvalue weighted by Gasteiger charge is 2.41. The van der Waals surface area contributed by atoms with Crippen LogP contribution in [0.25, 0.3) is 21.9 Å². The number of rotatable bonds is 11. The van der Waals surface area contributed by atoms with Crippen molar-refractivity contribution in [1.29, 1.82) is 0 Å². The Hall–Kier alpha value is -4.53. The van der Waals surface area contributed by atoms with E-state index in [2.05, 4.69) is 59.2 Å². The number of carbonyl (C=O) groups excluding carboxylic acids is 3. The number of primary amides is 1. The van der Waals surface area contributed by atoms with Crippen molar-refractivity contribution in [3.63, 3.8) is 0 Å². The zero-order valence-electron chi connectivity index (χ0n) is 25.5. The summed E-state index contributed by atoms with van der Waals surface area (Å²) in [7, 11) is 0. The van der Waals surface area contributed by atoms with Gasteiger partial charge < -0.3 is 21.3 Å². The van der Waals surface area contributed by atoms with Crippen molar-refractivity contribution in [1.82, 2.24) is 20.4 Å². The Morgan fingerprint density at radius 1 is 0.800 bits per heavy atom. The highest BCUT2D eigenvalue weighted by atomic mass is 16.2. The molecule has 0 aliphatic carbocycles. The van der Waals surface area contributed by atoms with Crippen LogP contribution in [0.1, 0.15) is 24.0 Å². The van der Waals surface area contributed by atoms with Crippen LogP contribution in [0, 0.1) is 5.92 Å². The first-order valence-corrected chi connectivity index (χ1v) is 15.9. The van der Waals surface area contributed by atoms with Crippen LogP contribution < -0.4 is 16.4 Å². The molecule has 4 N–H and O–H groups in total. The molecule has 0 radical (unpaired) electrons. The fraction of sp³-hybridized carbons (Fsp3) is 0.324. The zero-order valence-corrected chi connectivity index (χ0v) is 25.5. The summed E-state index contributed by atoms with van der Waals surface area (Å²) in [5.74, 6) is -0.377. The van der Waals surface area contributed by atoms with Gasteiger partial charge in [0, 0.05) is 26.1 Å². The fourth-order valence-corrected chi connectivity index (χ4v) is 6.66. The van der Waals surface area contributed by atoms with Crippen LogP contribution in [0.4, 0.5) is 0 Å². The summed E-state index contributed by atoms with van der Waals surface area (Å²) >= 11 is 0. The van der Waals surface area contributed by atoms with Gasteiger partial charge in [-0.25, -0.2) is 0 Å². The number of carbonyl (C=O) groups is 3. The standard InChI is InChI=1S/C37H41N5O3/c38-35(43)25-41(22-27-16-18-39-19-17-27)24-34-36(44)40-33(21-28-12-15-30-8-4-5-9-32(30)20-28)37(45)42(34)23-26-10-13-31(14-11-26)29-6-2-1-3-7-29/h1-15,20,27,33-34,39H,16-19,21-25H2,(H2,38,43)(H,40,44)/t33-,34-/m0/s1. The molecule has 2 atom stereocenters. The van der Waals surface area contributed by atoms with Gasteiger partial charge in [0.1, 0.15) is 12.1 Å². The van der Waals surface area contributed by atoms with E-state index in [1.165, 1.54) is 0 Å². The van der Waals surface area contributed by atoms with Crippen LogP contribution in [0.5, 0.6) is 0 Å². The van der Waals surface area contributed by atoms with Crippen molar-refractivity contribution in [2.24, 2.45) is 11.7 Å². The molecule has 8 heteroatoms. The second kappa shape index (κ2) is 14.1. The first kappa shape index (κ1) is 30.5. The molecule has 45 heavy (non-hydrogen) atoms. The lowest BCUT2D eigenvalue weighted by atomic mass is 9.95. The molecule has 0 unspecified atom stereocenters. The molecule has 0 saturated carbocycles. The summed E-state index contributed by atoms with van der Waals surface area (Å²) in [5, 5.41) is 8.64. The summed E-state index contributed by atoms with van der Waals surface area (Å²) in [6, 6.07) is 31.1. The van der Waals surface area contributed by atoms with E-state index in [1.54, 1.807) is 4.90 Å². The Morgan fingerprint density at radius 3 is 2.20 bits per heavy atom. The summed E-state index contributed by atoms with van der Waals surface area (Å²) in [6.07, 6.45) is 2.39. The molecule has 3 amide bonds. The normalized spacial score (nSPS) is 19.2. The number of nitrogens with zero attached hydrogens (tertiary/aromatic N) is 2. The number of fused-ring (bicyclic) bond motifs is 1. The number of amides is 3. The lowest BCUT2D eigenvalue weighted by molar-refractivity contribution is -0.151. The van der Waals surface area contributed by atoms with Crippen LogP contribution in [0.3, 0.4) is 0 Å². The number of hydrogen-bond donors (Lipinski definition) is 3. The number of nitrogens with one attached hydrogen (secondary N) is 2. The van der Waals surface area contributed by atoms with E-state index < -0.39 is 18.0 Å². The van der Waals surface area contributed by atoms with Gasteiger partial charge in [-0.1, -0.05) is 97.1 Å². The molecule has 2 fully saturated rings. The lowest BCUT2D eigenvalue weighted by Crippen LogP contribution is -2.66. The van der Waals surface area contributed by atoms with Gasteiger partial charge in [-0.15, -0.1) is 0 Å². The number of hydrogen-bond acceptors (Lipinski definition) is 5. The van der Waals surface area contributed by atoms with Crippen LogP contribution in [0.2, 0.25) is 0 Å². The summed E-state index contributed by atoms with van der Waals surface area (Å²) < 4.78 is 0. The molecule has 4 aromatic rings. The van der Waals surface area contributed by atoms with Gasteiger partial charge >= 0.3 is 0 Å². The SMILES string of the molecule is NC(=O)CN(CC1CCNCC1)C[C@H]1C(=O)N[C@@H](Cc2ccc3ccccc3c2)C(=O)N1Cc1ccc(-c2ccccc2)cc1. The van der Waals surface area contributed by atoms with Crippen LogP contribution in [-0.4, -0.2) is 72.3 Å². The largest absolute Gasteiger partial charge is 0.369 e. The van der Waals surface area contributed by atoms with Crippen LogP contribution in [0.15, 0.2) is 97.1 Å². The van der Waals surface area contributed by atoms with E-state index in [-0.39, 0.29) is 31.4 Å². The van der Waals surface area contributed by atoms with Gasteiger partial charge in [0.25, 0.3) is 0 Å². The Kier molecular flexibility index (Phi) is 9.52. The van der Waals surface area contributed by atoms with Crippen molar-refractivity contribution in [3.8, 4) is 11.1 Å². The second-order valence-corrected chi connectivity index (χ2v) is 12.3.